The Morgan fingerprint density at radius 3 is 2.23 bits per heavy atom. The summed E-state index contributed by atoms with van der Waals surface area (Å²) in [6.45, 7) is 0. The minimum atomic E-state index is -1.17. The Morgan fingerprint density at radius 1 is 0.867 bits per heavy atom. The van der Waals surface area contributed by atoms with Crippen molar-refractivity contribution in [3.8, 4) is 17.2 Å². The Bertz CT molecular complexity index is 1060. The number of aldehydes is 2. The number of aliphatic hydroxyl groups is 1. The first-order valence-corrected chi connectivity index (χ1v) is 8.79. The fourth-order valence-corrected chi connectivity index (χ4v) is 3.67. The first kappa shape index (κ1) is 22.8. The minimum absolute atomic E-state index is 0. The van der Waals surface area contributed by atoms with Gasteiger partial charge < -0.3 is 19.7 Å². The van der Waals surface area contributed by atoms with E-state index in [1.165, 1.54) is 12.1 Å². The summed E-state index contributed by atoms with van der Waals surface area (Å²) in [6, 6.07) is 16.9. The molecular weight excluding hydrogens is 384 g/mol. The van der Waals surface area contributed by atoms with Crippen LogP contribution in [0.3, 0.4) is 0 Å². The van der Waals surface area contributed by atoms with Crippen molar-refractivity contribution >= 4 is 12.6 Å². The van der Waals surface area contributed by atoms with Crippen LogP contribution in [0, 0.1) is 0 Å². The molecule has 4 rings (SSSR count). The van der Waals surface area contributed by atoms with Crippen LogP contribution in [0.25, 0.3) is 0 Å². The summed E-state index contributed by atoms with van der Waals surface area (Å²) in [4.78, 5) is 23.2. The largest absolute Gasteiger partial charge is 0.508 e. The molecule has 0 amide bonds. The molecule has 6 nitrogen and oxygen atoms in total. The van der Waals surface area contributed by atoms with E-state index >= 15 is 0 Å². The van der Waals surface area contributed by atoms with Crippen LogP contribution in [0.5, 0.6) is 17.2 Å². The molecule has 1 heterocycles. The molecule has 1 aliphatic rings. The van der Waals surface area contributed by atoms with Gasteiger partial charge in [0.2, 0.25) is 0 Å². The molecule has 1 aliphatic heterocycles. The van der Waals surface area contributed by atoms with E-state index in [2.05, 4.69) is 0 Å². The third kappa shape index (κ3) is 3.47. The number of aromatic hydroxyl groups is 1. The number of carbonyl (C=O) groups is 2. The van der Waals surface area contributed by atoms with Gasteiger partial charge in [-0.1, -0.05) is 37.8 Å². The van der Waals surface area contributed by atoms with Crippen molar-refractivity contribution in [2.24, 2.45) is 0 Å². The zero-order chi connectivity index (χ0) is 21.0. The molecule has 1 atom stereocenters. The quantitative estimate of drug-likeness (QED) is 0.625. The number of phenolic OH excluding ortho intramolecular Hbond substituents is 1. The molecule has 1 unspecified atom stereocenters. The lowest BCUT2D eigenvalue weighted by atomic mass is 9.75. The number of methoxy groups -OCH3 is 1. The van der Waals surface area contributed by atoms with Crippen LogP contribution in [0.4, 0.5) is 0 Å². The number of hydrogen-bond donors (Lipinski definition) is 2. The molecule has 0 radical (unpaired) electrons. The Hall–Kier alpha value is -3.48. The summed E-state index contributed by atoms with van der Waals surface area (Å²) < 4.78 is 12.0. The number of fused-ring (bicyclic) bond motifs is 2. The summed E-state index contributed by atoms with van der Waals surface area (Å²) in [5.74, 6) is 1.02. The second-order valence-electron chi connectivity index (χ2n) is 6.25. The average molecular weight is 408 g/mol. The van der Waals surface area contributed by atoms with Crippen molar-refractivity contribution in [3.05, 3.63) is 88.5 Å². The zero-order valence-electron chi connectivity index (χ0n) is 16.0. The summed E-state index contributed by atoms with van der Waals surface area (Å²) in [5, 5.41) is 16.9. The lowest BCUT2D eigenvalue weighted by Gasteiger charge is -2.40. The molecule has 0 saturated heterocycles. The number of aliphatic hydroxyl groups excluding tert-OH is 1. The van der Waals surface area contributed by atoms with Crippen molar-refractivity contribution in [2.45, 2.75) is 13.0 Å². The van der Waals surface area contributed by atoms with E-state index in [4.69, 9.17) is 14.6 Å². The number of phenols is 1. The predicted molar refractivity (Wildman–Crippen MR) is 114 cm³/mol. The molecular formula is C24H24O6. The Labute approximate surface area is 175 Å². The molecule has 30 heavy (non-hydrogen) atoms. The highest BCUT2D eigenvalue weighted by Gasteiger charge is 2.45. The monoisotopic (exact) mass is 408 g/mol. The molecule has 3 aromatic rings. The number of hydrogen-bond acceptors (Lipinski definition) is 6. The first-order chi connectivity index (χ1) is 14.1. The molecule has 0 bridgehead atoms. The van der Waals surface area contributed by atoms with E-state index in [9.17, 15) is 14.7 Å². The van der Waals surface area contributed by atoms with Gasteiger partial charge in [0, 0.05) is 48.1 Å². The Balaban J connectivity index is 0.00000104. The first-order valence-electron chi connectivity index (χ1n) is 8.79. The summed E-state index contributed by atoms with van der Waals surface area (Å²) in [7, 11) is 2.54. The van der Waals surface area contributed by atoms with Crippen molar-refractivity contribution in [1.29, 1.82) is 0 Å². The zero-order valence-corrected chi connectivity index (χ0v) is 16.0. The molecule has 0 aliphatic carbocycles. The number of ether oxygens (including phenoxy) is 2. The van der Waals surface area contributed by atoms with E-state index in [0.29, 0.717) is 39.3 Å². The van der Waals surface area contributed by atoms with Gasteiger partial charge in [0.25, 0.3) is 0 Å². The molecule has 3 aromatic carbocycles. The molecule has 156 valence electrons. The van der Waals surface area contributed by atoms with Gasteiger partial charge in [-0.2, -0.15) is 0 Å². The van der Waals surface area contributed by atoms with Gasteiger partial charge in [-0.25, -0.2) is 0 Å². The lowest BCUT2D eigenvalue weighted by Crippen LogP contribution is -2.35. The maximum atomic E-state index is 11.8. The van der Waals surface area contributed by atoms with E-state index < -0.39 is 5.60 Å². The van der Waals surface area contributed by atoms with Crippen LogP contribution in [0.15, 0.2) is 60.7 Å². The maximum absolute atomic E-state index is 11.8. The number of benzene rings is 3. The van der Waals surface area contributed by atoms with Gasteiger partial charge in [0.05, 0.1) is 0 Å². The maximum Gasteiger partial charge on any atom is 0.151 e. The molecule has 0 fully saturated rings. The molecule has 6 heteroatoms. The van der Waals surface area contributed by atoms with E-state index in [0.717, 1.165) is 19.7 Å². The highest BCUT2D eigenvalue weighted by atomic mass is 16.5. The van der Waals surface area contributed by atoms with Crippen LogP contribution in [0.1, 0.15) is 44.8 Å². The lowest BCUT2D eigenvalue weighted by molar-refractivity contribution is 0.0490. The second-order valence-corrected chi connectivity index (χ2v) is 6.25. The van der Waals surface area contributed by atoms with E-state index in [1.54, 1.807) is 37.4 Å². The Kier molecular flexibility index (Phi) is 7.10. The highest BCUT2D eigenvalue weighted by Crippen LogP contribution is 2.53. The smallest absolute Gasteiger partial charge is 0.151 e. The van der Waals surface area contributed by atoms with Crippen molar-refractivity contribution < 1.29 is 29.3 Å². The fourth-order valence-electron chi connectivity index (χ4n) is 3.67. The summed E-state index contributed by atoms with van der Waals surface area (Å²) >= 11 is 0. The van der Waals surface area contributed by atoms with Crippen molar-refractivity contribution in [2.75, 3.05) is 14.2 Å². The van der Waals surface area contributed by atoms with Crippen LogP contribution in [-0.4, -0.2) is 37.0 Å². The van der Waals surface area contributed by atoms with Gasteiger partial charge in [-0.05, 0) is 24.3 Å². The molecule has 0 spiro atoms. The van der Waals surface area contributed by atoms with Crippen molar-refractivity contribution in [3.63, 3.8) is 0 Å². The third-order valence-corrected chi connectivity index (χ3v) is 4.86. The van der Waals surface area contributed by atoms with Crippen LogP contribution in [-0.2, 0) is 10.3 Å². The highest BCUT2D eigenvalue weighted by molar-refractivity contribution is 5.84. The van der Waals surface area contributed by atoms with Crippen LogP contribution < -0.4 is 4.74 Å². The minimum Gasteiger partial charge on any atom is -0.508 e. The number of para-hydroxylation sites is 1. The number of carbonyl (C=O) groups excluding carboxylic acids is 2. The third-order valence-electron chi connectivity index (χ3n) is 4.86. The number of rotatable bonds is 4. The Morgan fingerprint density at radius 2 is 1.57 bits per heavy atom. The fraction of sp³-hybridized carbons (Fsp3) is 0.167. The van der Waals surface area contributed by atoms with Gasteiger partial charge in [-0.15, -0.1) is 0 Å². The predicted octanol–water partition coefficient (Wildman–Crippen LogP) is 4.31. The van der Waals surface area contributed by atoms with E-state index in [-0.39, 0.29) is 13.2 Å². The van der Waals surface area contributed by atoms with Crippen LogP contribution in [0.2, 0.25) is 0 Å². The topological polar surface area (TPSA) is 93.1 Å². The standard InChI is InChI=1S/C22H16O5.CH4O.CH4/c1-26-22(19-10-14(12-23)6-7-15(19)13-24)17-4-2-3-5-20(17)27-21-11-16(25)8-9-18(21)22;1-2;/h2-13,25H,1H3;2H,1H3;1H4. The summed E-state index contributed by atoms with van der Waals surface area (Å²) in [5.41, 5.74) is 1.53. The normalized spacial score (nSPS) is 15.8. The summed E-state index contributed by atoms with van der Waals surface area (Å²) in [6.07, 6.45) is 1.47. The van der Waals surface area contributed by atoms with Gasteiger partial charge in [0.15, 0.2) is 5.60 Å². The van der Waals surface area contributed by atoms with E-state index in [1.807, 2.05) is 18.2 Å². The molecule has 0 saturated carbocycles. The van der Waals surface area contributed by atoms with Gasteiger partial charge in [0.1, 0.15) is 29.8 Å². The second kappa shape index (κ2) is 9.35. The molecule has 0 aromatic heterocycles. The average Bonchev–Trinajstić information content (AvgIpc) is 2.78. The van der Waals surface area contributed by atoms with Gasteiger partial charge in [-0.3, -0.25) is 9.59 Å². The molecule has 2 N–H and O–H groups in total. The van der Waals surface area contributed by atoms with Gasteiger partial charge >= 0.3 is 0 Å². The van der Waals surface area contributed by atoms with Crippen molar-refractivity contribution in [1.82, 2.24) is 0 Å². The van der Waals surface area contributed by atoms with Crippen LogP contribution >= 0.6 is 0 Å². The SMILES string of the molecule is C.CO.COC1(c2cc(C=O)ccc2C=O)c2ccccc2Oc2cc(O)ccc21.